The van der Waals surface area contributed by atoms with Gasteiger partial charge in [0, 0.05) is 18.1 Å². The summed E-state index contributed by atoms with van der Waals surface area (Å²) in [5.74, 6) is 0. The fourth-order valence-corrected chi connectivity index (χ4v) is 1.94. The Balaban J connectivity index is 0.000000472. The number of halogens is 1. The zero-order valence-corrected chi connectivity index (χ0v) is 14.9. The zero-order valence-electron chi connectivity index (χ0n) is 13.3. The molecule has 0 saturated heterocycles. The molecule has 122 valence electrons. The number of aliphatic hydroxyl groups is 1. The van der Waals surface area contributed by atoms with E-state index < -0.39 is 6.29 Å². The van der Waals surface area contributed by atoms with Crippen LogP contribution in [0, 0.1) is 0 Å². The monoisotopic (exact) mass is 340 g/mol. The van der Waals surface area contributed by atoms with E-state index in [0.29, 0.717) is 13.0 Å². The molecular formula is C18H25ClO2S. The van der Waals surface area contributed by atoms with Crippen molar-refractivity contribution < 1.29 is 9.84 Å². The third-order valence-corrected chi connectivity index (χ3v) is 3.69. The number of aryl methyl sites for hydroxylation is 1. The van der Waals surface area contributed by atoms with Crippen LogP contribution in [0.4, 0.5) is 0 Å². The summed E-state index contributed by atoms with van der Waals surface area (Å²) in [6.07, 6.45) is 8.17. The van der Waals surface area contributed by atoms with Crippen molar-refractivity contribution in [3.8, 4) is 0 Å². The summed E-state index contributed by atoms with van der Waals surface area (Å²) in [4.78, 5) is 1.06. The van der Waals surface area contributed by atoms with Gasteiger partial charge in [-0.1, -0.05) is 55.1 Å². The van der Waals surface area contributed by atoms with Crippen molar-refractivity contribution >= 4 is 23.4 Å². The number of rotatable bonds is 8. The summed E-state index contributed by atoms with van der Waals surface area (Å²) in [6.45, 7) is 9.66. The number of hydrogen-bond donors (Lipinski definition) is 1. The van der Waals surface area contributed by atoms with E-state index in [2.05, 4.69) is 13.2 Å². The van der Waals surface area contributed by atoms with Crippen LogP contribution in [0.5, 0.6) is 0 Å². The van der Waals surface area contributed by atoms with Gasteiger partial charge in [-0.25, -0.2) is 0 Å². The molecule has 0 aromatic heterocycles. The number of aliphatic hydroxyl groups excluding tert-OH is 1. The number of ether oxygens (including phenoxy) is 1. The summed E-state index contributed by atoms with van der Waals surface area (Å²) in [5.41, 5.74) is 1.05. The average Bonchev–Trinajstić information content (AvgIpc) is 2.52. The van der Waals surface area contributed by atoms with Gasteiger partial charge in [-0.2, -0.15) is 0 Å². The molecule has 1 aromatic rings. The SMILES string of the molecule is C=C/C=C\C(=C)SC.CCOC(O)CCc1ccccc1Cl. The molecule has 0 fully saturated rings. The molecule has 1 N–H and O–H groups in total. The van der Waals surface area contributed by atoms with E-state index in [1.165, 1.54) is 0 Å². The summed E-state index contributed by atoms with van der Waals surface area (Å²) < 4.78 is 5.02. The molecule has 1 atom stereocenters. The molecule has 0 amide bonds. The van der Waals surface area contributed by atoms with Crippen LogP contribution in [0.25, 0.3) is 0 Å². The lowest BCUT2D eigenvalue weighted by Crippen LogP contribution is -2.12. The molecule has 22 heavy (non-hydrogen) atoms. The van der Waals surface area contributed by atoms with Gasteiger partial charge in [0.25, 0.3) is 0 Å². The van der Waals surface area contributed by atoms with Gasteiger partial charge in [-0.15, -0.1) is 11.8 Å². The lowest BCUT2D eigenvalue weighted by atomic mass is 10.1. The smallest absolute Gasteiger partial charge is 0.154 e. The first-order chi connectivity index (χ1) is 10.5. The highest BCUT2D eigenvalue weighted by atomic mass is 35.5. The molecule has 1 unspecified atom stereocenters. The minimum atomic E-state index is -0.684. The van der Waals surface area contributed by atoms with E-state index in [1.54, 1.807) is 17.8 Å². The fourth-order valence-electron chi connectivity index (χ4n) is 1.50. The molecule has 0 saturated carbocycles. The Labute approximate surface area is 143 Å². The summed E-state index contributed by atoms with van der Waals surface area (Å²) >= 11 is 7.60. The summed E-state index contributed by atoms with van der Waals surface area (Å²) in [7, 11) is 0. The normalized spacial score (nSPS) is 11.6. The molecule has 1 rings (SSSR count). The molecule has 0 spiro atoms. The van der Waals surface area contributed by atoms with Crippen LogP contribution >= 0.6 is 23.4 Å². The predicted octanol–water partition coefficient (Wildman–Crippen LogP) is 5.23. The molecule has 0 aliphatic heterocycles. The second kappa shape index (κ2) is 13.6. The minimum absolute atomic E-state index is 0.531. The van der Waals surface area contributed by atoms with Gasteiger partial charge in [0.15, 0.2) is 6.29 Å². The second-order valence-corrected chi connectivity index (χ2v) is 5.65. The first kappa shape index (κ1) is 21.0. The highest BCUT2D eigenvalue weighted by molar-refractivity contribution is 8.02. The highest BCUT2D eigenvalue weighted by Crippen LogP contribution is 2.17. The van der Waals surface area contributed by atoms with Crippen LogP contribution in [-0.2, 0) is 11.2 Å². The van der Waals surface area contributed by atoms with Crippen molar-refractivity contribution in [1.29, 1.82) is 0 Å². The van der Waals surface area contributed by atoms with Gasteiger partial charge in [-0.05, 0) is 42.2 Å². The standard InChI is InChI=1S/C11H15ClO2.C7H10S/c1-2-14-11(13)8-7-9-5-3-4-6-10(9)12;1-4-5-6-7(2)8-3/h3-6,11,13H,2,7-8H2,1H3;4-6H,1-2H2,3H3/b;6-5-. The van der Waals surface area contributed by atoms with Gasteiger partial charge < -0.3 is 9.84 Å². The Hall–Kier alpha value is -1.00. The average molecular weight is 341 g/mol. The van der Waals surface area contributed by atoms with Gasteiger partial charge in [0.1, 0.15) is 0 Å². The molecule has 0 aliphatic carbocycles. The summed E-state index contributed by atoms with van der Waals surface area (Å²) in [6, 6.07) is 7.64. The third kappa shape index (κ3) is 10.7. The van der Waals surface area contributed by atoms with Crippen LogP contribution < -0.4 is 0 Å². The minimum Gasteiger partial charge on any atom is -0.368 e. The van der Waals surface area contributed by atoms with Gasteiger partial charge in [0.2, 0.25) is 0 Å². The summed E-state index contributed by atoms with van der Waals surface area (Å²) in [5, 5.41) is 10.1. The largest absolute Gasteiger partial charge is 0.368 e. The van der Waals surface area contributed by atoms with Crippen LogP contribution in [0.1, 0.15) is 18.9 Å². The van der Waals surface area contributed by atoms with E-state index >= 15 is 0 Å². The predicted molar refractivity (Wildman–Crippen MR) is 99.4 cm³/mol. The fraction of sp³-hybridized carbons (Fsp3) is 0.333. The highest BCUT2D eigenvalue weighted by Gasteiger charge is 2.05. The molecule has 1 aromatic carbocycles. The van der Waals surface area contributed by atoms with Crippen LogP contribution in [0.2, 0.25) is 5.02 Å². The number of hydrogen-bond acceptors (Lipinski definition) is 3. The quantitative estimate of drug-likeness (QED) is 0.519. The van der Waals surface area contributed by atoms with Crippen molar-refractivity contribution in [2.24, 2.45) is 0 Å². The number of benzene rings is 1. The first-order valence-corrected chi connectivity index (χ1v) is 8.70. The molecule has 0 bridgehead atoms. The van der Waals surface area contributed by atoms with Gasteiger partial charge >= 0.3 is 0 Å². The lowest BCUT2D eigenvalue weighted by Gasteiger charge is -2.10. The van der Waals surface area contributed by atoms with Crippen molar-refractivity contribution in [1.82, 2.24) is 0 Å². The Kier molecular flexibility index (Phi) is 13.0. The topological polar surface area (TPSA) is 29.5 Å². The Morgan fingerprint density at radius 3 is 2.68 bits per heavy atom. The molecule has 0 heterocycles. The van der Waals surface area contributed by atoms with Crippen LogP contribution in [-0.4, -0.2) is 24.3 Å². The van der Waals surface area contributed by atoms with Crippen LogP contribution in [0.15, 0.2) is 60.6 Å². The molecule has 4 heteroatoms. The zero-order chi connectivity index (χ0) is 16.8. The lowest BCUT2D eigenvalue weighted by molar-refractivity contribution is -0.0979. The number of thioether (sulfide) groups is 1. The van der Waals surface area contributed by atoms with Gasteiger partial charge in [0.05, 0.1) is 0 Å². The van der Waals surface area contributed by atoms with E-state index in [-0.39, 0.29) is 0 Å². The Morgan fingerprint density at radius 1 is 1.45 bits per heavy atom. The number of allylic oxidation sites excluding steroid dienone is 3. The van der Waals surface area contributed by atoms with Crippen molar-refractivity contribution in [3.63, 3.8) is 0 Å². The Morgan fingerprint density at radius 2 is 2.14 bits per heavy atom. The third-order valence-electron chi connectivity index (χ3n) is 2.66. The van der Waals surface area contributed by atoms with Crippen molar-refractivity contribution in [2.45, 2.75) is 26.1 Å². The molecule has 0 radical (unpaired) electrons. The Bertz CT molecular complexity index is 472. The molecule has 2 nitrogen and oxygen atoms in total. The maximum Gasteiger partial charge on any atom is 0.154 e. The van der Waals surface area contributed by atoms with Gasteiger partial charge in [-0.3, -0.25) is 0 Å². The van der Waals surface area contributed by atoms with E-state index in [4.69, 9.17) is 16.3 Å². The maximum atomic E-state index is 9.34. The van der Waals surface area contributed by atoms with E-state index in [9.17, 15) is 5.11 Å². The molecule has 0 aliphatic rings. The van der Waals surface area contributed by atoms with Crippen LogP contribution in [0.3, 0.4) is 0 Å². The van der Waals surface area contributed by atoms with E-state index in [0.717, 1.165) is 21.9 Å². The van der Waals surface area contributed by atoms with Crippen molar-refractivity contribution in [2.75, 3.05) is 12.9 Å². The van der Waals surface area contributed by atoms with E-state index in [1.807, 2.05) is 49.6 Å². The first-order valence-electron chi connectivity index (χ1n) is 7.10. The van der Waals surface area contributed by atoms with Crippen molar-refractivity contribution in [3.05, 3.63) is 71.1 Å². The molecular weight excluding hydrogens is 316 g/mol. The maximum absolute atomic E-state index is 9.34. The second-order valence-electron chi connectivity index (χ2n) is 4.31.